The summed E-state index contributed by atoms with van der Waals surface area (Å²) in [7, 11) is -3.65. The third-order valence-corrected chi connectivity index (χ3v) is 6.10. The van der Waals surface area contributed by atoms with E-state index in [1.54, 1.807) is 30.3 Å². The van der Waals surface area contributed by atoms with Crippen LogP contribution in [0, 0.1) is 5.82 Å². The first-order valence-electron chi connectivity index (χ1n) is 9.23. The molecule has 3 heterocycles. The summed E-state index contributed by atoms with van der Waals surface area (Å²) < 4.78 is 60.1. The summed E-state index contributed by atoms with van der Waals surface area (Å²) in [5.41, 5.74) is 0.776. The Morgan fingerprint density at radius 1 is 0.968 bits per heavy atom. The maximum absolute atomic E-state index is 13.8. The lowest BCUT2D eigenvalue weighted by atomic mass is 10.2. The van der Waals surface area contributed by atoms with Gasteiger partial charge in [-0.25, -0.2) is 12.8 Å². The normalized spacial score (nSPS) is 12.9. The number of halogens is 1. The van der Waals surface area contributed by atoms with E-state index < -0.39 is 21.4 Å². The number of sulfone groups is 1. The van der Waals surface area contributed by atoms with Crippen LogP contribution in [-0.4, -0.2) is 25.4 Å². The lowest BCUT2D eigenvalue weighted by Crippen LogP contribution is -2.08. The van der Waals surface area contributed by atoms with Gasteiger partial charge in [-0.05, 0) is 36.4 Å². The molecule has 5 rings (SSSR count). The number of ether oxygens (including phenoxy) is 2. The van der Waals surface area contributed by atoms with E-state index in [1.807, 2.05) is 0 Å². The van der Waals surface area contributed by atoms with Gasteiger partial charge < -0.3 is 18.4 Å². The van der Waals surface area contributed by atoms with Gasteiger partial charge in [-0.1, -0.05) is 23.4 Å². The summed E-state index contributed by atoms with van der Waals surface area (Å²) in [6, 6.07) is 14.1. The molecule has 0 saturated carbocycles. The SMILES string of the molecule is O=S(=O)(Cc1ccc(-c2nc(-c3ccc4c(c3)OCO4)no2)o1)Cc1ccccc1F. The molecule has 2 aromatic heterocycles. The van der Waals surface area contributed by atoms with Crippen molar-refractivity contribution in [2.75, 3.05) is 6.79 Å². The number of aromatic nitrogens is 2. The van der Waals surface area contributed by atoms with E-state index in [1.165, 1.54) is 24.3 Å². The fourth-order valence-corrected chi connectivity index (χ4v) is 4.57. The summed E-state index contributed by atoms with van der Waals surface area (Å²) >= 11 is 0. The van der Waals surface area contributed by atoms with Crippen LogP contribution in [0.3, 0.4) is 0 Å². The molecule has 1 aliphatic rings. The van der Waals surface area contributed by atoms with Crippen molar-refractivity contribution in [3.05, 3.63) is 71.7 Å². The molecule has 0 bridgehead atoms. The number of hydrogen-bond acceptors (Lipinski definition) is 8. The van der Waals surface area contributed by atoms with Crippen molar-refractivity contribution in [1.29, 1.82) is 0 Å². The molecule has 31 heavy (non-hydrogen) atoms. The van der Waals surface area contributed by atoms with Gasteiger partial charge >= 0.3 is 0 Å². The molecule has 0 N–H and O–H groups in total. The van der Waals surface area contributed by atoms with Crippen LogP contribution in [0.25, 0.3) is 23.0 Å². The maximum atomic E-state index is 13.8. The monoisotopic (exact) mass is 442 g/mol. The molecule has 2 aromatic carbocycles. The van der Waals surface area contributed by atoms with Crippen LogP contribution < -0.4 is 9.47 Å². The van der Waals surface area contributed by atoms with Crippen molar-refractivity contribution in [3.8, 4) is 34.5 Å². The molecule has 0 radical (unpaired) electrons. The molecular weight excluding hydrogens is 427 g/mol. The van der Waals surface area contributed by atoms with E-state index >= 15 is 0 Å². The number of hydrogen-bond donors (Lipinski definition) is 0. The van der Waals surface area contributed by atoms with Crippen LogP contribution in [0.2, 0.25) is 0 Å². The number of fused-ring (bicyclic) bond motifs is 1. The predicted octanol–water partition coefficient (Wildman–Crippen LogP) is 3.98. The Labute approximate surface area is 176 Å². The topological polar surface area (TPSA) is 105 Å². The van der Waals surface area contributed by atoms with E-state index in [9.17, 15) is 12.8 Å². The Balaban J connectivity index is 1.32. The van der Waals surface area contributed by atoms with Crippen molar-refractivity contribution < 1.29 is 31.2 Å². The van der Waals surface area contributed by atoms with E-state index in [2.05, 4.69) is 10.1 Å². The minimum Gasteiger partial charge on any atom is -0.455 e. The van der Waals surface area contributed by atoms with Crippen molar-refractivity contribution in [3.63, 3.8) is 0 Å². The van der Waals surface area contributed by atoms with Crippen molar-refractivity contribution in [2.24, 2.45) is 0 Å². The van der Waals surface area contributed by atoms with Gasteiger partial charge in [0.25, 0.3) is 5.89 Å². The minimum atomic E-state index is -3.65. The number of furan rings is 1. The third kappa shape index (κ3) is 4.02. The second-order valence-electron chi connectivity index (χ2n) is 6.88. The van der Waals surface area contributed by atoms with E-state index in [-0.39, 0.29) is 35.5 Å². The Morgan fingerprint density at radius 2 is 1.81 bits per heavy atom. The maximum Gasteiger partial charge on any atom is 0.293 e. The minimum absolute atomic E-state index is 0.102. The van der Waals surface area contributed by atoms with Gasteiger partial charge in [-0.3, -0.25) is 0 Å². The standard InChI is InChI=1S/C21H15FN2O6S/c22-16-4-2-1-3-14(16)10-31(25,26)11-15-6-8-18(29-15)21-23-20(24-30-21)13-5-7-17-19(9-13)28-12-27-17/h1-9H,10-12H2. The molecule has 0 amide bonds. The average molecular weight is 442 g/mol. The van der Waals surface area contributed by atoms with Crippen molar-refractivity contribution in [2.45, 2.75) is 11.5 Å². The molecule has 0 unspecified atom stereocenters. The summed E-state index contributed by atoms with van der Waals surface area (Å²) in [6.07, 6.45) is 0. The molecular formula is C21H15FN2O6S. The molecule has 1 aliphatic heterocycles. The predicted molar refractivity (Wildman–Crippen MR) is 106 cm³/mol. The highest BCUT2D eigenvalue weighted by Gasteiger charge is 2.21. The first kappa shape index (κ1) is 19.3. The summed E-state index contributed by atoms with van der Waals surface area (Å²) in [6.45, 7) is 0.158. The second kappa shape index (κ2) is 7.55. The first-order chi connectivity index (χ1) is 15.0. The third-order valence-electron chi connectivity index (χ3n) is 4.62. The van der Waals surface area contributed by atoms with Crippen LogP contribution in [0.4, 0.5) is 4.39 Å². The zero-order valence-electron chi connectivity index (χ0n) is 15.9. The Hall–Kier alpha value is -3.66. The van der Waals surface area contributed by atoms with Gasteiger partial charge in [0.15, 0.2) is 27.1 Å². The molecule has 0 spiro atoms. The quantitative estimate of drug-likeness (QED) is 0.442. The van der Waals surface area contributed by atoms with Gasteiger partial charge in [-0.15, -0.1) is 0 Å². The lowest BCUT2D eigenvalue weighted by Gasteiger charge is -2.04. The molecule has 0 saturated heterocycles. The van der Waals surface area contributed by atoms with Crippen LogP contribution in [0.5, 0.6) is 11.5 Å². The largest absolute Gasteiger partial charge is 0.455 e. The number of benzene rings is 2. The van der Waals surface area contributed by atoms with Crippen molar-refractivity contribution >= 4 is 9.84 Å². The first-order valence-corrected chi connectivity index (χ1v) is 11.1. The molecule has 0 fully saturated rings. The lowest BCUT2D eigenvalue weighted by molar-refractivity contribution is 0.174. The Bertz CT molecular complexity index is 1360. The van der Waals surface area contributed by atoms with Crippen molar-refractivity contribution in [1.82, 2.24) is 10.1 Å². The van der Waals surface area contributed by atoms with Crippen LogP contribution in [0.15, 0.2) is 63.5 Å². The summed E-state index contributed by atoms with van der Waals surface area (Å²) in [4.78, 5) is 4.30. The highest BCUT2D eigenvalue weighted by Crippen LogP contribution is 2.35. The van der Waals surface area contributed by atoms with Gasteiger partial charge in [0.2, 0.25) is 12.6 Å². The van der Waals surface area contributed by atoms with Crippen LogP contribution in [-0.2, 0) is 21.3 Å². The van der Waals surface area contributed by atoms with Gasteiger partial charge in [0.05, 0.1) is 5.75 Å². The second-order valence-corrected chi connectivity index (χ2v) is 8.95. The molecule has 8 nitrogen and oxygen atoms in total. The highest BCUT2D eigenvalue weighted by atomic mass is 32.2. The Morgan fingerprint density at radius 3 is 2.68 bits per heavy atom. The van der Waals surface area contributed by atoms with Gasteiger partial charge in [0.1, 0.15) is 17.3 Å². The van der Waals surface area contributed by atoms with E-state index in [0.717, 1.165) is 0 Å². The number of rotatable bonds is 6. The molecule has 0 atom stereocenters. The van der Waals surface area contributed by atoms with Gasteiger partial charge in [-0.2, -0.15) is 4.98 Å². The zero-order valence-corrected chi connectivity index (χ0v) is 16.8. The van der Waals surface area contributed by atoms with E-state index in [4.69, 9.17) is 18.4 Å². The number of nitrogens with zero attached hydrogens (tertiary/aromatic N) is 2. The smallest absolute Gasteiger partial charge is 0.293 e. The zero-order chi connectivity index (χ0) is 21.4. The summed E-state index contributed by atoms with van der Waals surface area (Å²) in [5, 5.41) is 3.94. The van der Waals surface area contributed by atoms with Gasteiger partial charge in [0, 0.05) is 11.1 Å². The van der Waals surface area contributed by atoms with Crippen LogP contribution >= 0.6 is 0 Å². The van der Waals surface area contributed by atoms with Crippen LogP contribution in [0.1, 0.15) is 11.3 Å². The highest BCUT2D eigenvalue weighted by molar-refractivity contribution is 7.89. The molecule has 0 aliphatic carbocycles. The fraction of sp³-hybridized carbons (Fsp3) is 0.143. The molecule has 4 aromatic rings. The molecule has 158 valence electrons. The molecule has 10 heteroatoms. The Kier molecular flexibility index (Phi) is 4.70. The van der Waals surface area contributed by atoms with E-state index in [0.29, 0.717) is 22.9 Å². The summed E-state index contributed by atoms with van der Waals surface area (Å²) in [5.74, 6) is 0.695. The fourth-order valence-electron chi connectivity index (χ4n) is 3.17. The average Bonchev–Trinajstić information content (AvgIpc) is 3.48.